The highest BCUT2D eigenvalue weighted by molar-refractivity contribution is 6.12. The molecular weight excluding hydrogens is 795 g/mol. The number of rotatable bonds is 5. The van der Waals surface area contributed by atoms with Crippen LogP contribution in [0.15, 0.2) is 158 Å². The van der Waals surface area contributed by atoms with Gasteiger partial charge in [-0.15, -0.1) is 0 Å². The fourth-order valence-corrected chi connectivity index (χ4v) is 8.85. The molecule has 10 rings (SSSR count). The van der Waals surface area contributed by atoms with Crippen LogP contribution >= 0.6 is 0 Å². The van der Waals surface area contributed by atoms with Crippen LogP contribution in [0.5, 0.6) is 0 Å². The minimum atomic E-state index is -4.53. The van der Waals surface area contributed by atoms with E-state index in [1.807, 2.05) is 114 Å². The first kappa shape index (κ1) is 38.6. The van der Waals surface area contributed by atoms with Gasteiger partial charge in [0.15, 0.2) is 0 Å². The van der Waals surface area contributed by atoms with Gasteiger partial charge in [-0.1, -0.05) is 72.8 Å². The molecule has 0 saturated carbocycles. The molecule has 10 heteroatoms. The molecule has 3 heterocycles. The van der Waals surface area contributed by atoms with Crippen LogP contribution in [-0.2, 0) is 12.4 Å². The Balaban J connectivity index is 1.26. The van der Waals surface area contributed by atoms with Gasteiger partial charge in [-0.3, -0.25) is 4.98 Å². The van der Waals surface area contributed by atoms with E-state index in [0.29, 0.717) is 55.8 Å². The first-order chi connectivity index (χ1) is 29.8. The van der Waals surface area contributed by atoms with Crippen LogP contribution in [0.3, 0.4) is 0 Å². The molecule has 4 nitrogen and oxygen atoms in total. The molecule has 0 fully saturated rings. The van der Waals surface area contributed by atoms with Crippen molar-refractivity contribution in [2.75, 3.05) is 0 Å². The number of aryl methyl sites for hydroxylation is 2. The summed E-state index contributed by atoms with van der Waals surface area (Å²) in [5, 5.41) is 14.6. The molecule has 0 unspecified atom stereocenters. The summed E-state index contributed by atoms with van der Waals surface area (Å²) in [5.74, 6) is 0. The number of pyridine rings is 1. The summed E-state index contributed by atoms with van der Waals surface area (Å²) in [7, 11) is 0. The topological polar surface area (TPSA) is 46.5 Å². The predicted octanol–water partition coefficient (Wildman–Crippen LogP) is 14.8. The molecule has 0 aliphatic rings. The fourth-order valence-electron chi connectivity index (χ4n) is 8.85. The zero-order chi connectivity index (χ0) is 43.1. The molecule has 0 aliphatic heterocycles. The van der Waals surface area contributed by atoms with Crippen molar-refractivity contribution in [2.45, 2.75) is 26.2 Å². The minimum absolute atomic E-state index is 0.316. The summed E-state index contributed by atoms with van der Waals surface area (Å²) in [6.45, 7) is 3.28. The van der Waals surface area contributed by atoms with Gasteiger partial charge in [0, 0.05) is 39.5 Å². The number of nitriles is 1. The Labute approximate surface area is 351 Å². The van der Waals surface area contributed by atoms with Crippen LogP contribution in [-0.4, -0.2) is 14.1 Å². The van der Waals surface area contributed by atoms with Crippen LogP contribution in [0.25, 0.3) is 88.4 Å². The van der Waals surface area contributed by atoms with Gasteiger partial charge in [0.05, 0.1) is 50.1 Å². The van der Waals surface area contributed by atoms with Crippen LogP contribution in [0.2, 0.25) is 0 Å². The monoisotopic (exact) mass is 826 g/mol. The number of alkyl halides is 6. The second-order valence-corrected chi connectivity index (χ2v) is 15.6. The molecule has 0 atom stereocenters. The van der Waals surface area contributed by atoms with Gasteiger partial charge in [0.2, 0.25) is 0 Å². The second kappa shape index (κ2) is 14.2. The Morgan fingerprint density at radius 3 is 1.40 bits per heavy atom. The summed E-state index contributed by atoms with van der Waals surface area (Å²) in [6, 6.07) is 44.9. The van der Waals surface area contributed by atoms with E-state index in [9.17, 15) is 31.6 Å². The van der Waals surface area contributed by atoms with Gasteiger partial charge in [0.1, 0.15) is 6.07 Å². The Bertz CT molecular complexity index is 3480. The molecule has 0 aliphatic carbocycles. The van der Waals surface area contributed by atoms with Crippen LogP contribution < -0.4 is 0 Å². The van der Waals surface area contributed by atoms with Gasteiger partial charge in [0.25, 0.3) is 0 Å². The molecule has 0 spiro atoms. The maximum absolute atomic E-state index is 14.0. The Kier molecular flexibility index (Phi) is 8.85. The number of halogens is 6. The first-order valence-electron chi connectivity index (χ1n) is 19.7. The van der Waals surface area contributed by atoms with E-state index < -0.39 is 23.5 Å². The van der Waals surface area contributed by atoms with Gasteiger partial charge in [-0.2, -0.15) is 31.6 Å². The summed E-state index contributed by atoms with van der Waals surface area (Å²) in [6.07, 6.45) is -5.69. The van der Waals surface area contributed by atoms with Crippen molar-refractivity contribution in [2.24, 2.45) is 0 Å². The Morgan fingerprint density at radius 1 is 0.452 bits per heavy atom. The molecule has 62 heavy (non-hydrogen) atoms. The normalized spacial score (nSPS) is 12.2. The van der Waals surface area contributed by atoms with E-state index in [1.54, 1.807) is 38.4 Å². The molecular formula is C52H32F6N4. The first-order valence-corrected chi connectivity index (χ1v) is 19.7. The molecule has 0 saturated heterocycles. The number of para-hydroxylation sites is 2. The molecule has 0 N–H and O–H groups in total. The van der Waals surface area contributed by atoms with Crippen LogP contribution in [0.1, 0.15) is 27.8 Å². The van der Waals surface area contributed by atoms with Gasteiger partial charge in [-0.25, -0.2) is 0 Å². The van der Waals surface area contributed by atoms with Crippen LogP contribution in [0.4, 0.5) is 26.3 Å². The third-order valence-electron chi connectivity index (χ3n) is 11.5. The molecule has 10 aromatic rings. The lowest BCUT2D eigenvalue weighted by molar-refractivity contribution is -0.138. The van der Waals surface area contributed by atoms with E-state index in [-0.39, 0.29) is 0 Å². The Hall–Kier alpha value is -7.64. The van der Waals surface area contributed by atoms with Crippen molar-refractivity contribution in [1.29, 1.82) is 5.26 Å². The summed E-state index contributed by atoms with van der Waals surface area (Å²) in [4.78, 5) is 4.28. The number of fused-ring (bicyclic) bond motifs is 6. The molecule has 0 bridgehead atoms. The van der Waals surface area contributed by atoms with E-state index in [4.69, 9.17) is 0 Å². The minimum Gasteiger partial charge on any atom is -0.309 e. The number of benzene rings is 7. The SMILES string of the molecule is Cc1cc(-c2ccc3c4ccccc4n(-c4cc(-c5ccncc5)c(-n5c6ccccc6c6ccc(-c7cc(C)cc(C(F)(F)F)c7)cc65)cc4C#N)c3c2)cc(C(F)(F)F)c1. The lowest BCUT2D eigenvalue weighted by atomic mass is 9.98. The van der Waals surface area contributed by atoms with Crippen molar-refractivity contribution in [3.8, 4) is 50.8 Å². The zero-order valence-corrected chi connectivity index (χ0v) is 33.1. The molecule has 0 radical (unpaired) electrons. The maximum atomic E-state index is 14.0. The van der Waals surface area contributed by atoms with E-state index >= 15 is 0 Å². The van der Waals surface area contributed by atoms with Crippen molar-refractivity contribution in [3.05, 3.63) is 186 Å². The zero-order valence-electron chi connectivity index (χ0n) is 33.1. The number of nitrogens with zero attached hydrogens (tertiary/aromatic N) is 4. The summed E-state index contributed by atoms with van der Waals surface area (Å²) in [5.41, 5.74) is 7.57. The Morgan fingerprint density at radius 2 is 0.919 bits per heavy atom. The third kappa shape index (κ3) is 6.45. The fraction of sp³-hybridized carbons (Fsp3) is 0.0769. The van der Waals surface area contributed by atoms with Gasteiger partial charge >= 0.3 is 12.4 Å². The summed E-state index contributed by atoms with van der Waals surface area (Å²) < 4.78 is 88.1. The van der Waals surface area contributed by atoms with Gasteiger partial charge < -0.3 is 9.13 Å². The molecule has 3 aromatic heterocycles. The van der Waals surface area contributed by atoms with Crippen LogP contribution in [0, 0.1) is 25.2 Å². The molecule has 302 valence electrons. The average molecular weight is 827 g/mol. The van der Waals surface area contributed by atoms with Gasteiger partial charge in [-0.05, 0) is 126 Å². The standard InChI is InChI=1S/C52H32F6N4/c1-30-19-35(23-38(21-30)51(53,54)55)33-11-13-42-40-7-3-5-9-45(40)61(48(42)25-33)47-28-44(32-15-17-60-18-16-32)50(27-37(47)29-59)62-46-10-6-4-8-41(46)43-14-12-34(26-49(43)62)36-20-31(2)22-39(24-36)52(56,57)58/h3-28H,1-2H3. The lowest BCUT2D eigenvalue weighted by Gasteiger charge is -2.19. The largest absolute Gasteiger partial charge is 0.416 e. The molecule has 0 amide bonds. The van der Waals surface area contributed by atoms with Crippen molar-refractivity contribution < 1.29 is 26.3 Å². The predicted molar refractivity (Wildman–Crippen MR) is 233 cm³/mol. The molecule has 7 aromatic carbocycles. The maximum Gasteiger partial charge on any atom is 0.416 e. The van der Waals surface area contributed by atoms with E-state index in [1.165, 1.54) is 0 Å². The third-order valence-corrected chi connectivity index (χ3v) is 11.5. The highest BCUT2D eigenvalue weighted by Crippen LogP contribution is 2.43. The second-order valence-electron chi connectivity index (χ2n) is 15.6. The smallest absolute Gasteiger partial charge is 0.309 e. The van der Waals surface area contributed by atoms with Crippen molar-refractivity contribution in [3.63, 3.8) is 0 Å². The van der Waals surface area contributed by atoms with E-state index in [2.05, 4.69) is 15.6 Å². The highest BCUT2D eigenvalue weighted by atomic mass is 19.4. The average Bonchev–Trinajstić information content (AvgIpc) is 3.77. The number of aromatic nitrogens is 3. The number of hydrogen-bond donors (Lipinski definition) is 0. The van der Waals surface area contributed by atoms with E-state index in [0.717, 1.165) is 73.5 Å². The number of hydrogen-bond acceptors (Lipinski definition) is 2. The van der Waals surface area contributed by atoms with Crippen molar-refractivity contribution in [1.82, 2.24) is 14.1 Å². The lowest BCUT2D eigenvalue weighted by Crippen LogP contribution is -2.05. The summed E-state index contributed by atoms with van der Waals surface area (Å²) >= 11 is 0. The highest BCUT2D eigenvalue weighted by Gasteiger charge is 2.32. The quantitative estimate of drug-likeness (QED) is 0.162. The van der Waals surface area contributed by atoms with Crippen molar-refractivity contribution >= 4 is 43.6 Å².